The fourth-order valence-corrected chi connectivity index (χ4v) is 1.98. The highest BCUT2D eigenvalue weighted by Crippen LogP contribution is 2.12. The minimum atomic E-state index is -0.189. The summed E-state index contributed by atoms with van der Waals surface area (Å²) in [6, 6.07) is 14.6. The van der Waals surface area contributed by atoms with Gasteiger partial charge < -0.3 is 10.1 Å². The number of hydrogen-bond acceptors (Lipinski definition) is 2. The summed E-state index contributed by atoms with van der Waals surface area (Å²) in [4.78, 5) is 0. The molecule has 2 nitrogen and oxygen atoms in total. The second-order valence-electron chi connectivity index (χ2n) is 4.80. The molecule has 0 radical (unpaired) electrons. The van der Waals surface area contributed by atoms with Gasteiger partial charge in [0.2, 0.25) is 0 Å². The molecule has 22 heavy (non-hydrogen) atoms. The van der Waals surface area contributed by atoms with Gasteiger partial charge in [-0.2, -0.15) is 0 Å². The molecule has 0 atom stereocenters. The third-order valence-corrected chi connectivity index (χ3v) is 3.12. The number of benzene rings is 2. The second kappa shape index (κ2) is 9.98. The third-order valence-electron chi connectivity index (χ3n) is 3.12. The summed E-state index contributed by atoms with van der Waals surface area (Å²) in [5, 5.41) is 3.38. The molecule has 0 aromatic heterocycles. The van der Waals surface area contributed by atoms with Crippen molar-refractivity contribution in [1.29, 1.82) is 0 Å². The van der Waals surface area contributed by atoms with Crippen molar-refractivity contribution >= 4 is 12.4 Å². The lowest BCUT2D eigenvalue weighted by atomic mass is 10.1. The molecule has 0 spiro atoms. The molecule has 0 aliphatic heterocycles. The van der Waals surface area contributed by atoms with Crippen molar-refractivity contribution in [1.82, 2.24) is 5.32 Å². The van der Waals surface area contributed by atoms with Crippen molar-refractivity contribution < 1.29 is 9.13 Å². The van der Waals surface area contributed by atoms with Crippen LogP contribution in [0.3, 0.4) is 0 Å². The van der Waals surface area contributed by atoms with Crippen molar-refractivity contribution in [3.8, 4) is 5.75 Å². The van der Waals surface area contributed by atoms with E-state index in [1.807, 2.05) is 36.4 Å². The maximum atomic E-state index is 12.8. The van der Waals surface area contributed by atoms with Crippen LogP contribution in [0.4, 0.5) is 4.39 Å². The van der Waals surface area contributed by atoms with Crippen LogP contribution in [-0.2, 0) is 13.0 Å². The topological polar surface area (TPSA) is 21.3 Å². The summed E-state index contributed by atoms with van der Waals surface area (Å²) >= 11 is 0. The Morgan fingerprint density at radius 2 is 1.64 bits per heavy atom. The molecule has 1 N–H and O–H groups in total. The van der Waals surface area contributed by atoms with E-state index < -0.39 is 0 Å². The summed E-state index contributed by atoms with van der Waals surface area (Å²) in [7, 11) is 0. The zero-order valence-electron chi connectivity index (χ0n) is 12.4. The minimum Gasteiger partial charge on any atom is -0.490 e. The molecule has 4 heteroatoms. The lowest BCUT2D eigenvalue weighted by Gasteiger charge is -2.07. The number of hydrogen-bond donors (Lipinski definition) is 1. The van der Waals surface area contributed by atoms with Crippen LogP contribution in [0.5, 0.6) is 5.75 Å². The first-order chi connectivity index (χ1) is 10.3. The molecule has 0 saturated carbocycles. The van der Waals surface area contributed by atoms with Gasteiger partial charge in [-0.05, 0) is 48.4 Å². The monoisotopic (exact) mass is 321 g/mol. The van der Waals surface area contributed by atoms with Crippen LogP contribution in [0.2, 0.25) is 0 Å². The average molecular weight is 322 g/mol. The van der Waals surface area contributed by atoms with Crippen molar-refractivity contribution in [2.45, 2.75) is 13.0 Å². The Bertz CT molecular complexity index is 554. The second-order valence-corrected chi connectivity index (χ2v) is 4.80. The first-order valence-corrected chi connectivity index (χ1v) is 7.06. The lowest BCUT2D eigenvalue weighted by molar-refractivity contribution is 0.363. The van der Waals surface area contributed by atoms with E-state index in [-0.39, 0.29) is 18.2 Å². The summed E-state index contributed by atoms with van der Waals surface area (Å²) in [6.45, 7) is 5.81. The van der Waals surface area contributed by atoms with E-state index in [0.717, 1.165) is 30.8 Å². The highest BCUT2D eigenvalue weighted by atomic mass is 35.5. The molecule has 0 aliphatic rings. The largest absolute Gasteiger partial charge is 0.490 e. The van der Waals surface area contributed by atoms with E-state index >= 15 is 0 Å². The molecule has 0 aliphatic carbocycles. The van der Waals surface area contributed by atoms with Crippen molar-refractivity contribution in [2.24, 2.45) is 0 Å². The van der Waals surface area contributed by atoms with Crippen LogP contribution in [0.1, 0.15) is 11.1 Å². The van der Waals surface area contributed by atoms with E-state index in [9.17, 15) is 4.39 Å². The summed E-state index contributed by atoms with van der Waals surface area (Å²) in [5.74, 6) is 0.662. The Morgan fingerprint density at radius 1 is 1.00 bits per heavy atom. The summed E-state index contributed by atoms with van der Waals surface area (Å²) < 4.78 is 18.2. The van der Waals surface area contributed by atoms with Crippen LogP contribution in [0.15, 0.2) is 61.2 Å². The standard InChI is InChI=1S/C18H20FNO.ClH/c1-2-13-21-18-9-5-16(6-10-18)14-20-12-11-15-3-7-17(19)8-4-15;/h2-10,20H,1,11-14H2;1H. The van der Waals surface area contributed by atoms with Crippen LogP contribution < -0.4 is 10.1 Å². The van der Waals surface area contributed by atoms with E-state index in [2.05, 4.69) is 11.9 Å². The normalized spacial score (nSPS) is 9.86. The molecular formula is C18H21ClFNO. The van der Waals surface area contributed by atoms with Gasteiger partial charge in [-0.3, -0.25) is 0 Å². The molecule has 118 valence electrons. The van der Waals surface area contributed by atoms with E-state index in [4.69, 9.17) is 4.74 Å². The maximum absolute atomic E-state index is 12.8. The SMILES string of the molecule is C=CCOc1ccc(CNCCc2ccc(F)cc2)cc1.Cl. The van der Waals surface area contributed by atoms with Crippen molar-refractivity contribution in [2.75, 3.05) is 13.2 Å². The number of rotatable bonds is 8. The van der Waals surface area contributed by atoms with Gasteiger partial charge in [0.1, 0.15) is 18.2 Å². The van der Waals surface area contributed by atoms with Gasteiger partial charge in [0.15, 0.2) is 0 Å². The molecule has 0 saturated heterocycles. The van der Waals surface area contributed by atoms with E-state index in [1.54, 1.807) is 6.08 Å². The Balaban J connectivity index is 0.00000242. The van der Waals surface area contributed by atoms with Gasteiger partial charge in [-0.15, -0.1) is 12.4 Å². The highest BCUT2D eigenvalue weighted by Gasteiger charge is 1.97. The van der Waals surface area contributed by atoms with Crippen LogP contribution in [0.25, 0.3) is 0 Å². The molecule has 0 heterocycles. The van der Waals surface area contributed by atoms with Gasteiger partial charge in [0.05, 0.1) is 0 Å². The molecule has 2 aromatic carbocycles. The molecule has 2 rings (SSSR count). The van der Waals surface area contributed by atoms with E-state index in [0.29, 0.717) is 6.61 Å². The van der Waals surface area contributed by atoms with Gasteiger partial charge >= 0.3 is 0 Å². The molecule has 2 aromatic rings. The smallest absolute Gasteiger partial charge is 0.123 e. The van der Waals surface area contributed by atoms with Gasteiger partial charge in [0, 0.05) is 6.54 Å². The first-order valence-electron chi connectivity index (χ1n) is 7.06. The van der Waals surface area contributed by atoms with E-state index in [1.165, 1.54) is 17.7 Å². The lowest BCUT2D eigenvalue weighted by Crippen LogP contribution is -2.16. The van der Waals surface area contributed by atoms with Crippen LogP contribution >= 0.6 is 12.4 Å². The molecule has 0 fully saturated rings. The molecule has 0 amide bonds. The third kappa shape index (κ3) is 6.29. The number of halogens is 2. The fourth-order valence-electron chi connectivity index (χ4n) is 1.98. The minimum absolute atomic E-state index is 0. The summed E-state index contributed by atoms with van der Waals surface area (Å²) in [6.07, 6.45) is 2.62. The zero-order chi connectivity index (χ0) is 14.9. The first kappa shape index (κ1) is 18.2. The van der Waals surface area contributed by atoms with Crippen molar-refractivity contribution in [3.05, 3.63) is 78.1 Å². The van der Waals surface area contributed by atoms with Crippen LogP contribution in [-0.4, -0.2) is 13.2 Å². The summed E-state index contributed by atoms with van der Waals surface area (Å²) in [5.41, 5.74) is 2.34. The average Bonchev–Trinajstić information content (AvgIpc) is 2.52. The predicted molar refractivity (Wildman–Crippen MR) is 91.2 cm³/mol. The Hall–Kier alpha value is -1.84. The maximum Gasteiger partial charge on any atom is 0.123 e. The zero-order valence-corrected chi connectivity index (χ0v) is 13.2. The fraction of sp³-hybridized carbons (Fsp3) is 0.222. The number of nitrogens with one attached hydrogen (secondary N) is 1. The molecular weight excluding hydrogens is 301 g/mol. The van der Waals surface area contributed by atoms with Crippen molar-refractivity contribution in [3.63, 3.8) is 0 Å². The highest BCUT2D eigenvalue weighted by molar-refractivity contribution is 5.85. The molecule has 0 unspecified atom stereocenters. The predicted octanol–water partition coefficient (Wildman–Crippen LogP) is 4.14. The van der Waals surface area contributed by atoms with Gasteiger partial charge in [-0.1, -0.05) is 36.9 Å². The quantitative estimate of drug-likeness (QED) is 0.582. The van der Waals surface area contributed by atoms with Gasteiger partial charge in [-0.25, -0.2) is 4.39 Å². The van der Waals surface area contributed by atoms with Gasteiger partial charge in [0.25, 0.3) is 0 Å². The Morgan fingerprint density at radius 3 is 2.27 bits per heavy atom. The van der Waals surface area contributed by atoms with Crippen LogP contribution in [0, 0.1) is 5.82 Å². The molecule has 0 bridgehead atoms. The Labute approximate surface area is 137 Å². The Kier molecular flexibility index (Phi) is 8.26. The number of ether oxygens (including phenoxy) is 1.